The van der Waals surface area contributed by atoms with Crippen LogP contribution in [0.4, 0.5) is 0 Å². The molecule has 1 saturated carbocycles. The molecule has 1 aromatic carbocycles. The lowest BCUT2D eigenvalue weighted by atomic mass is 9.62. The number of esters is 1. The van der Waals surface area contributed by atoms with Gasteiger partial charge in [-0.1, -0.05) is 6.92 Å². The minimum Gasteiger partial charge on any atom is -0.493 e. The molecule has 0 unspecified atom stereocenters. The van der Waals surface area contributed by atoms with Crippen molar-refractivity contribution in [2.45, 2.75) is 38.2 Å². The van der Waals surface area contributed by atoms with Crippen molar-refractivity contribution in [2.24, 2.45) is 11.8 Å². The average Bonchev–Trinajstić information content (AvgIpc) is 2.54. The van der Waals surface area contributed by atoms with Crippen molar-refractivity contribution < 1.29 is 23.7 Å². The first kappa shape index (κ1) is 16.0. The van der Waals surface area contributed by atoms with Crippen LogP contribution in [0, 0.1) is 11.8 Å². The second kappa shape index (κ2) is 5.62. The fourth-order valence-corrected chi connectivity index (χ4v) is 3.95. The second-order valence-electron chi connectivity index (χ2n) is 6.75. The second-order valence-corrected chi connectivity index (χ2v) is 6.75. The minimum atomic E-state index is -0.392. The van der Waals surface area contributed by atoms with E-state index in [-0.39, 0.29) is 17.8 Å². The van der Waals surface area contributed by atoms with Crippen molar-refractivity contribution in [3.05, 3.63) is 17.7 Å². The first-order valence-corrected chi connectivity index (χ1v) is 7.96. The maximum atomic E-state index is 12.3. The van der Waals surface area contributed by atoms with Crippen molar-refractivity contribution in [1.29, 1.82) is 0 Å². The lowest BCUT2D eigenvalue weighted by molar-refractivity contribution is -0.198. The summed E-state index contributed by atoms with van der Waals surface area (Å²) in [7, 11) is 4.79. The van der Waals surface area contributed by atoms with Crippen molar-refractivity contribution in [3.63, 3.8) is 0 Å². The van der Waals surface area contributed by atoms with Crippen LogP contribution in [0.5, 0.6) is 17.2 Å². The third kappa shape index (κ3) is 2.42. The smallest absolute Gasteiger partial charge is 0.310 e. The van der Waals surface area contributed by atoms with Gasteiger partial charge in [-0.25, -0.2) is 0 Å². The summed E-state index contributed by atoms with van der Waals surface area (Å²) in [4.78, 5) is 12.3. The number of fused-ring (bicyclic) bond motifs is 3. The van der Waals surface area contributed by atoms with Crippen LogP contribution in [0.25, 0.3) is 0 Å². The summed E-state index contributed by atoms with van der Waals surface area (Å²) in [5.74, 6) is 2.12. The van der Waals surface area contributed by atoms with E-state index in [1.807, 2.05) is 19.1 Å². The molecule has 2 heterocycles. The minimum absolute atomic E-state index is 0.0874. The van der Waals surface area contributed by atoms with E-state index in [4.69, 9.17) is 18.9 Å². The Labute approximate surface area is 136 Å². The molecular weight excluding hydrogens is 296 g/mol. The van der Waals surface area contributed by atoms with Gasteiger partial charge in [0.15, 0.2) is 11.5 Å². The van der Waals surface area contributed by atoms with Crippen LogP contribution in [0.1, 0.15) is 38.2 Å². The topological polar surface area (TPSA) is 54.0 Å². The summed E-state index contributed by atoms with van der Waals surface area (Å²) in [6.07, 6.45) is 1.68. The fraction of sp³-hybridized carbons (Fsp3) is 0.611. The number of rotatable bonds is 4. The fourth-order valence-electron chi connectivity index (χ4n) is 3.95. The molecule has 1 aliphatic carbocycles. The Balaban J connectivity index is 2.04. The van der Waals surface area contributed by atoms with Crippen LogP contribution < -0.4 is 14.2 Å². The Morgan fingerprint density at radius 2 is 1.70 bits per heavy atom. The highest BCUT2D eigenvalue weighted by Gasteiger charge is 2.54. The zero-order valence-electron chi connectivity index (χ0n) is 14.3. The lowest BCUT2D eigenvalue weighted by Crippen LogP contribution is -2.54. The number of carbonyl (C=O) groups excluding carboxylic acids is 1. The van der Waals surface area contributed by atoms with Gasteiger partial charge in [-0.05, 0) is 43.4 Å². The zero-order valence-corrected chi connectivity index (χ0v) is 14.3. The Morgan fingerprint density at radius 3 is 2.17 bits per heavy atom. The monoisotopic (exact) mass is 320 g/mol. The lowest BCUT2D eigenvalue weighted by Gasteiger charge is -2.51. The molecule has 5 nitrogen and oxygen atoms in total. The summed E-state index contributed by atoms with van der Waals surface area (Å²) in [6.45, 7) is 4.20. The van der Waals surface area contributed by atoms with Crippen molar-refractivity contribution in [3.8, 4) is 17.2 Å². The van der Waals surface area contributed by atoms with E-state index in [2.05, 4.69) is 6.92 Å². The molecule has 0 spiro atoms. The molecule has 0 aromatic heterocycles. The van der Waals surface area contributed by atoms with Crippen LogP contribution in [0.2, 0.25) is 0 Å². The normalized spacial score (nSPS) is 32.4. The van der Waals surface area contributed by atoms with Crippen molar-refractivity contribution in [1.82, 2.24) is 0 Å². The number of hydrogen-bond donors (Lipinski definition) is 0. The molecule has 4 rings (SSSR count). The van der Waals surface area contributed by atoms with Gasteiger partial charge in [-0.3, -0.25) is 4.79 Å². The molecule has 0 N–H and O–H groups in total. The van der Waals surface area contributed by atoms with Crippen molar-refractivity contribution in [2.75, 3.05) is 21.3 Å². The summed E-state index contributed by atoms with van der Waals surface area (Å²) in [5.41, 5.74) is 0.649. The summed E-state index contributed by atoms with van der Waals surface area (Å²) in [6, 6.07) is 3.90. The van der Waals surface area contributed by atoms with Crippen LogP contribution in [0.15, 0.2) is 12.1 Å². The van der Waals surface area contributed by atoms with Gasteiger partial charge in [-0.2, -0.15) is 0 Å². The summed E-state index contributed by atoms with van der Waals surface area (Å²) < 4.78 is 21.9. The first-order valence-electron chi connectivity index (χ1n) is 7.96. The number of benzene rings is 1. The molecule has 5 heteroatoms. The van der Waals surface area contributed by atoms with Gasteiger partial charge in [0.05, 0.1) is 27.2 Å². The Morgan fingerprint density at radius 1 is 1.09 bits per heavy atom. The molecule has 1 aromatic rings. The zero-order chi connectivity index (χ0) is 16.8. The van der Waals surface area contributed by atoms with Crippen LogP contribution >= 0.6 is 0 Å². The van der Waals surface area contributed by atoms with Gasteiger partial charge in [0, 0.05) is 5.92 Å². The van der Waals surface area contributed by atoms with Crippen LogP contribution in [-0.2, 0) is 9.53 Å². The van der Waals surface area contributed by atoms with Gasteiger partial charge < -0.3 is 18.9 Å². The van der Waals surface area contributed by atoms with Crippen LogP contribution in [0.3, 0.4) is 0 Å². The number of ether oxygens (including phenoxy) is 4. The number of carbonyl (C=O) groups is 1. The van der Waals surface area contributed by atoms with E-state index in [1.165, 1.54) is 0 Å². The molecule has 2 bridgehead atoms. The molecule has 3 aliphatic rings. The Kier molecular flexibility index (Phi) is 3.90. The van der Waals surface area contributed by atoms with E-state index in [9.17, 15) is 4.79 Å². The molecule has 4 atom stereocenters. The van der Waals surface area contributed by atoms with E-state index < -0.39 is 5.60 Å². The predicted molar refractivity (Wildman–Crippen MR) is 85.2 cm³/mol. The molecule has 23 heavy (non-hydrogen) atoms. The molecule has 0 amide bonds. The SMILES string of the molecule is COc1cc([C@@H]2C[C@]3(C)OC(=O)[C@@H]2C[C@H]3C)cc(OC)c1OC. The first-order chi connectivity index (χ1) is 10.9. The number of methoxy groups -OCH3 is 3. The van der Waals surface area contributed by atoms with Crippen LogP contribution in [-0.4, -0.2) is 32.9 Å². The highest BCUT2D eigenvalue weighted by atomic mass is 16.6. The maximum absolute atomic E-state index is 12.3. The summed E-state index contributed by atoms with van der Waals surface area (Å²) in [5, 5.41) is 0. The molecule has 2 saturated heterocycles. The van der Waals surface area contributed by atoms with Gasteiger partial charge in [-0.15, -0.1) is 0 Å². The standard InChI is InChI=1S/C18H24O5/c1-10-6-12-13(9-18(10,2)23-17(12)19)11-7-14(20-3)16(22-5)15(8-11)21-4/h7-8,10,12-13H,6,9H2,1-5H3/t10-,12-,13+,18+/m1/s1. The third-order valence-electron chi connectivity index (χ3n) is 5.51. The molecule has 0 radical (unpaired) electrons. The van der Waals surface area contributed by atoms with Crippen molar-refractivity contribution >= 4 is 5.97 Å². The Hall–Kier alpha value is -1.91. The Bertz CT molecular complexity index is 601. The molecule has 2 aliphatic heterocycles. The average molecular weight is 320 g/mol. The largest absolute Gasteiger partial charge is 0.493 e. The van der Waals surface area contributed by atoms with E-state index in [0.717, 1.165) is 18.4 Å². The molecule has 3 fully saturated rings. The summed E-state index contributed by atoms with van der Waals surface area (Å²) >= 11 is 0. The number of hydrogen-bond acceptors (Lipinski definition) is 5. The highest BCUT2D eigenvalue weighted by Crippen LogP contribution is 2.54. The highest BCUT2D eigenvalue weighted by molar-refractivity contribution is 5.76. The molecular formula is C18H24O5. The van der Waals surface area contributed by atoms with Gasteiger partial charge in [0.2, 0.25) is 5.75 Å². The maximum Gasteiger partial charge on any atom is 0.310 e. The van der Waals surface area contributed by atoms with Gasteiger partial charge >= 0.3 is 5.97 Å². The van der Waals surface area contributed by atoms with Gasteiger partial charge in [0.25, 0.3) is 0 Å². The predicted octanol–water partition coefficient (Wildman–Crippen LogP) is 3.16. The third-order valence-corrected chi connectivity index (χ3v) is 5.51. The van der Waals surface area contributed by atoms with E-state index in [1.54, 1.807) is 21.3 Å². The van der Waals surface area contributed by atoms with Gasteiger partial charge in [0.1, 0.15) is 5.60 Å². The molecule has 126 valence electrons. The van der Waals surface area contributed by atoms with E-state index >= 15 is 0 Å². The van der Waals surface area contributed by atoms with E-state index in [0.29, 0.717) is 23.2 Å². The quantitative estimate of drug-likeness (QED) is 0.798.